The molecule has 3 aromatic rings. The summed E-state index contributed by atoms with van der Waals surface area (Å²) in [5.74, 6) is 1.94. The Balaban J connectivity index is 1.48. The maximum Gasteiger partial charge on any atom is 0.163 e. The van der Waals surface area contributed by atoms with Gasteiger partial charge in [-0.15, -0.1) is 0 Å². The summed E-state index contributed by atoms with van der Waals surface area (Å²) < 4.78 is 17.5. The second-order valence-electron chi connectivity index (χ2n) is 8.68. The number of pyridine rings is 1. The number of aromatic nitrogens is 1. The zero-order chi connectivity index (χ0) is 25.5. The lowest BCUT2D eigenvalue weighted by Crippen LogP contribution is -2.46. The molecule has 194 valence electrons. The van der Waals surface area contributed by atoms with Gasteiger partial charge in [0.1, 0.15) is 5.75 Å². The molecule has 9 heteroatoms. The van der Waals surface area contributed by atoms with Gasteiger partial charge < -0.3 is 29.3 Å². The first-order valence-electron chi connectivity index (χ1n) is 12.5. The Hall–Kier alpha value is -2.45. The Morgan fingerprint density at radius 3 is 2.36 bits per heavy atom. The van der Waals surface area contributed by atoms with E-state index in [0.717, 1.165) is 62.3 Å². The van der Waals surface area contributed by atoms with E-state index in [4.69, 9.17) is 37.4 Å². The highest BCUT2D eigenvalue weighted by Gasteiger charge is 2.16. The molecule has 2 aromatic carbocycles. The van der Waals surface area contributed by atoms with Crippen LogP contribution in [-0.2, 0) is 0 Å². The van der Waals surface area contributed by atoms with E-state index in [1.54, 1.807) is 25.4 Å². The molecule has 2 heterocycles. The number of methoxy groups -OCH3 is 1. The van der Waals surface area contributed by atoms with Gasteiger partial charge in [-0.3, -0.25) is 4.98 Å². The Bertz CT molecular complexity index is 1170. The van der Waals surface area contributed by atoms with Crippen molar-refractivity contribution in [2.75, 3.05) is 64.9 Å². The predicted octanol–water partition coefficient (Wildman–Crippen LogP) is 6.10. The molecule has 1 aliphatic rings. The van der Waals surface area contributed by atoms with E-state index in [2.05, 4.69) is 27.0 Å². The third-order valence-electron chi connectivity index (χ3n) is 6.41. The summed E-state index contributed by atoms with van der Waals surface area (Å²) >= 11 is 12.6. The molecule has 0 saturated carbocycles. The van der Waals surface area contributed by atoms with Crippen molar-refractivity contribution in [3.8, 4) is 17.2 Å². The maximum atomic E-state index is 6.44. The number of benzene rings is 2. The minimum absolute atomic E-state index is 0.455. The average molecular weight is 534 g/mol. The summed E-state index contributed by atoms with van der Waals surface area (Å²) in [5, 5.41) is 5.23. The molecule has 0 spiro atoms. The standard InChI is InChI=1S/C27H34Cl2N4O3/c1-4-32-10-12-33(13-11-32)9-6-14-36-27-17-23-19(15-26(27)35-5-2)22(7-8-30-23)31-24-18-25(34-3)21(29)16-20(24)28/h7-8,15-18H,4-6,9-14H2,1-3H3,(H,30,31). The molecule has 0 atom stereocenters. The Morgan fingerprint density at radius 1 is 0.889 bits per heavy atom. The fourth-order valence-corrected chi connectivity index (χ4v) is 4.88. The quantitative estimate of drug-likeness (QED) is 0.299. The summed E-state index contributed by atoms with van der Waals surface area (Å²) in [6.07, 6.45) is 2.72. The SMILES string of the molecule is CCOc1cc2c(Nc3cc(OC)c(Cl)cc3Cl)ccnc2cc1OCCCN1CCN(CC)CC1. The fraction of sp³-hybridized carbons (Fsp3) is 0.444. The van der Waals surface area contributed by atoms with Crippen molar-refractivity contribution in [3.63, 3.8) is 0 Å². The molecular formula is C27H34Cl2N4O3. The lowest BCUT2D eigenvalue weighted by molar-refractivity contribution is 0.130. The molecule has 0 bridgehead atoms. The summed E-state index contributed by atoms with van der Waals surface area (Å²) in [4.78, 5) is 9.56. The highest BCUT2D eigenvalue weighted by atomic mass is 35.5. The molecule has 0 aliphatic carbocycles. The molecule has 0 unspecified atom stereocenters. The van der Waals surface area contributed by atoms with Crippen LogP contribution in [0.2, 0.25) is 10.0 Å². The van der Waals surface area contributed by atoms with Crippen LogP contribution in [-0.4, -0.2) is 74.4 Å². The smallest absolute Gasteiger partial charge is 0.163 e. The van der Waals surface area contributed by atoms with Crippen molar-refractivity contribution < 1.29 is 14.2 Å². The van der Waals surface area contributed by atoms with Gasteiger partial charge in [0.15, 0.2) is 11.5 Å². The number of hydrogen-bond donors (Lipinski definition) is 1. The van der Waals surface area contributed by atoms with Gasteiger partial charge in [-0.25, -0.2) is 0 Å². The number of hydrogen-bond acceptors (Lipinski definition) is 7. The highest BCUT2D eigenvalue weighted by Crippen LogP contribution is 2.39. The van der Waals surface area contributed by atoms with Crippen LogP contribution in [0.15, 0.2) is 36.5 Å². The van der Waals surface area contributed by atoms with Gasteiger partial charge in [-0.1, -0.05) is 30.1 Å². The van der Waals surface area contributed by atoms with Gasteiger partial charge >= 0.3 is 0 Å². The summed E-state index contributed by atoms with van der Waals surface area (Å²) in [7, 11) is 1.57. The molecule has 4 rings (SSSR count). The van der Waals surface area contributed by atoms with Gasteiger partial charge in [0.2, 0.25) is 0 Å². The number of rotatable bonds is 11. The monoisotopic (exact) mass is 532 g/mol. The van der Waals surface area contributed by atoms with E-state index in [-0.39, 0.29) is 0 Å². The van der Waals surface area contributed by atoms with E-state index >= 15 is 0 Å². The number of anilines is 2. The molecule has 1 fully saturated rings. The zero-order valence-corrected chi connectivity index (χ0v) is 22.7. The Morgan fingerprint density at radius 2 is 1.64 bits per heavy atom. The lowest BCUT2D eigenvalue weighted by atomic mass is 10.1. The molecular weight excluding hydrogens is 499 g/mol. The number of ether oxygens (including phenoxy) is 3. The minimum Gasteiger partial charge on any atom is -0.495 e. The van der Waals surface area contributed by atoms with Crippen molar-refractivity contribution >= 4 is 45.5 Å². The van der Waals surface area contributed by atoms with Crippen LogP contribution in [0.5, 0.6) is 17.2 Å². The summed E-state index contributed by atoms with van der Waals surface area (Å²) in [6.45, 7) is 12.0. The van der Waals surface area contributed by atoms with Crippen LogP contribution in [0.4, 0.5) is 11.4 Å². The van der Waals surface area contributed by atoms with Gasteiger partial charge in [0, 0.05) is 62.1 Å². The summed E-state index contributed by atoms with van der Waals surface area (Å²) in [6, 6.07) is 9.24. The number of fused-ring (bicyclic) bond motifs is 1. The van der Waals surface area contributed by atoms with Crippen LogP contribution in [0.1, 0.15) is 20.3 Å². The van der Waals surface area contributed by atoms with E-state index in [9.17, 15) is 0 Å². The average Bonchev–Trinajstić information content (AvgIpc) is 2.89. The minimum atomic E-state index is 0.455. The van der Waals surface area contributed by atoms with E-state index in [1.165, 1.54) is 0 Å². The van der Waals surface area contributed by atoms with E-state index in [0.29, 0.717) is 46.2 Å². The van der Waals surface area contributed by atoms with Crippen molar-refractivity contribution in [2.24, 2.45) is 0 Å². The molecule has 1 aliphatic heterocycles. The van der Waals surface area contributed by atoms with Crippen molar-refractivity contribution in [1.82, 2.24) is 14.8 Å². The molecule has 7 nitrogen and oxygen atoms in total. The first-order chi connectivity index (χ1) is 17.5. The van der Waals surface area contributed by atoms with Crippen molar-refractivity contribution in [3.05, 3.63) is 46.6 Å². The number of likely N-dealkylation sites (N-methyl/N-ethyl adjacent to an activating group) is 1. The first kappa shape index (κ1) is 26.6. The molecule has 1 N–H and O–H groups in total. The summed E-state index contributed by atoms with van der Waals surface area (Å²) in [5.41, 5.74) is 2.32. The van der Waals surface area contributed by atoms with Crippen LogP contribution in [0.3, 0.4) is 0 Å². The molecule has 36 heavy (non-hydrogen) atoms. The first-order valence-corrected chi connectivity index (χ1v) is 13.2. The highest BCUT2D eigenvalue weighted by molar-refractivity contribution is 6.37. The molecule has 1 saturated heterocycles. The van der Waals surface area contributed by atoms with Gasteiger partial charge in [-0.2, -0.15) is 0 Å². The van der Waals surface area contributed by atoms with Crippen LogP contribution >= 0.6 is 23.2 Å². The normalized spacial score (nSPS) is 14.7. The predicted molar refractivity (Wildman–Crippen MR) is 148 cm³/mol. The topological polar surface area (TPSA) is 59.1 Å². The Kier molecular flexibility index (Phi) is 9.37. The lowest BCUT2D eigenvalue weighted by Gasteiger charge is -2.33. The molecule has 1 aromatic heterocycles. The molecule has 0 amide bonds. The maximum absolute atomic E-state index is 6.44. The number of piperazine rings is 1. The third kappa shape index (κ3) is 6.45. The second kappa shape index (κ2) is 12.7. The largest absolute Gasteiger partial charge is 0.495 e. The number of halogens is 2. The number of nitrogens with zero attached hydrogens (tertiary/aromatic N) is 3. The van der Waals surface area contributed by atoms with Crippen LogP contribution in [0.25, 0.3) is 10.9 Å². The van der Waals surface area contributed by atoms with Crippen LogP contribution < -0.4 is 19.5 Å². The molecule has 0 radical (unpaired) electrons. The van der Waals surface area contributed by atoms with Gasteiger partial charge in [0.25, 0.3) is 0 Å². The number of nitrogens with one attached hydrogen (secondary N) is 1. The Labute approximate surface area is 223 Å². The zero-order valence-electron chi connectivity index (χ0n) is 21.2. The van der Waals surface area contributed by atoms with Gasteiger partial charge in [0.05, 0.1) is 41.6 Å². The second-order valence-corrected chi connectivity index (χ2v) is 9.49. The van der Waals surface area contributed by atoms with E-state index < -0.39 is 0 Å². The van der Waals surface area contributed by atoms with Crippen LogP contribution in [0, 0.1) is 0 Å². The van der Waals surface area contributed by atoms with E-state index in [1.807, 2.05) is 25.1 Å². The van der Waals surface area contributed by atoms with Crippen molar-refractivity contribution in [1.29, 1.82) is 0 Å². The third-order valence-corrected chi connectivity index (χ3v) is 7.01. The van der Waals surface area contributed by atoms with Gasteiger partial charge in [-0.05, 0) is 38.1 Å². The van der Waals surface area contributed by atoms with Crippen molar-refractivity contribution in [2.45, 2.75) is 20.3 Å². The fourth-order valence-electron chi connectivity index (χ4n) is 4.37.